The molecule has 2 atom stereocenters. The Balaban J connectivity index is 1.51. The van der Waals surface area contributed by atoms with Gasteiger partial charge in [0.1, 0.15) is 5.82 Å². The zero-order chi connectivity index (χ0) is 19.7. The van der Waals surface area contributed by atoms with E-state index in [1.54, 1.807) is 18.2 Å². The van der Waals surface area contributed by atoms with Crippen molar-refractivity contribution in [1.82, 2.24) is 14.9 Å². The maximum atomic E-state index is 13.4. The van der Waals surface area contributed by atoms with Crippen LogP contribution in [0.3, 0.4) is 0 Å². The topological polar surface area (TPSA) is 41.5 Å². The molecule has 0 bridgehead atoms. The summed E-state index contributed by atoms with van der Waals surface area (Å²) in [6.07, 6.45) is 0.802. The highest BCUT2D eigenvalue weighted by molar-refractivity contribution is 5.49. The summed E-state index contributed by atoms with van der Waals surface area (Å²) in [4.78, 5) is 12.5. The number of likely N-dealkylation sites (tertiary alicyclic amines) is 1. The third kappa shape index (κ3) is 3.78. The highest BCUT2D eigenvalue weighted by Gasteiger charge is 2.41. The Kier molecular flexibility index (Phi) is 5.14. The van der Waals surface area contributed by atoms with Gasteiger partial charge < -0.3 is 9.64 Å². The molecule has 0 aromatic carbocycles. The number of aromatic nitrogens is 2. The molecule has 0 spiro atoms. The minimum Gasteiger partial charge on any atom is -0.481 e. The number of methoxy groups -OCH3 is 1. The second kappa shape index (κ2) is 7.58. The second-order valence-electron chi connectivity index (χ2n) is 7.40. The van der Waals surface area contributed by atoms with Crippen LogP contribution in [0.4, 0.5) is 19.0 Å². The van der Waals surface area contributed by atoms with E-state index in [2.05, 4.69) is 14.9 Å². The van der Waals surface area contributed by atoms with E-state index in [0.29, 0.717) is 24.9 Å². The Labute approximate surface area is 162 Å². The smallest absolute Gasteiger partial charge is 0.419 e. The number of piperidine rings is 1. The van der Waals surface area contributed by atoms with Crippen LogP contribution in [0.2, 0.25) is 0 Å². The molecule has 2 unspecified atom stereocenters. The zero-order valence-corrected chi connectivity index (χ0v) is 15.7. The summed E-state index contributed by atoms with van der Waals surface area (Å²) in [6.45, 7) is 2.86. The van der Waals surface area contributed by atoms with Crippen molar-refractivity contribution in [3.8, 4) is 5.88 Å². The maximum Gasteiger partial charge on any atom is 0.419 e. The summed E-state index contributed by atoms with van der Waals surface area (Å²) in [6, 6.07) is 6.50. The molecule has 150 valence electrons. The van der Waals surface area contributed by atoms with Crippen molar-refractivity contribution < 1.29 is 17.9 Å². The summed E-state index contributed by atoms with van der Waals surface area (Å²) < 4.78 is 45.3. The Morgan fingerprint density at radius 3 is 2.68 bits per heavy atom. The van der Waals surface area contributed by atoms with Crippen molar-refractivity contribution in [2.24, 2.45) is 5.92 Å². The van der Waals surface area contributed by atoms with Crippen molar-refractivity contribution in [2.45, 2.75) is 31.6 Å². The fourth-order valence-corrected chi connectivity index (χ4v) is 4.35. The van der Waals surface area contributed by atoms with Gasteiger partial charge in [-0.2, -0.15) is 13.2 Å². The van der Waals surface area contributed by atoms with Crippen molar-refractivity contribution in [2.75, 3.05) is 31.6 Å². The van der Waals surface area contributed by atoms with Gasteiger partial charge in [0.25, 0.3) is 0 Å². The number of alkyl halides is 3. The number of ether oxygens (including phenoxy) is 1. The van der Waals surface area contributed by atoms with Crippen LogP contribution in [-0.2, 0) is 12.7 Å². The largest absolute Gasteiger partial charge is 0.481 e. The standard InChI is InChI=1S/C20H23F3N4O/c1-28-18-5-4-14(11-25-18)12-26-9-6-15-7-10-27(13-17(15)26)19-16(20(21,22)23)3-2-8-24-19/h2-5,8,11,15,17H,6-7,9-10,12-13H2,1H3. The number of halogens is 3. The normalized spacial score (nSPS) is 22.9. The third-order valence-electron chi connectivity index (χ3n) is 5.76. The Bertz CT molecular complexity index is 812. The summed E-state index contributed by atoms with van der Waals surface area (Å²) in [7, 11) is 1.58. The number of nitrogens with zero attached hydrogens (tertiary/aromatic N) is 4. The minimum absolute atomic E-state index is 0.0476. The molecule has 0 saturated carbocycles. The molecule has 8 heteroatoms. The number of hydrogen-bond donors (Lipinski definition) is 0. The fourth-order valence-electron chi connectivity index (χ4n) is 4.35. The molecule has 2 fully saturated rings. The SMILES string of the molecule is COc1ccc(CN2CCC3CCN(c4ncccc4C(F)(F)F)CC32)cn1. The predicted molar refractivity (Wildman–Crippen MR) is 99.2 cm³/mol. The van der Waals surface area contributed by atoms with E-state index in [0.717, 1.165) is 37.6 Å². The quantitative estimate of drug-likeness (QED) is 0.795. The van der Waals surface area contributed by atoms with Crippen LogP contribution in [0.15, 0.2) is 36.7 Å². The zero-order valence-electron chi connectivity index (χ0n) is 15.7. The first-order valence-corrected chi connectivity index (χ1v) is 9.46. The van der Waals surface area contributed by atoms with Gasteiger partial charge in [0.2, 0.25) is 5.88 Å². The van der Waals surface area contributed by atoms with Crippen LogP contribution in [0.25, 0.3) is 0 Å². The van der Waals surface area contributed by atoms with E-state index >= 15 is 0 Å². The summed E-state index contributed by atoms with van der Waals surface area (Å²) in [5, 5.41) is 0. The van der Waals surface area contributed by atoms with Gasteiger partial charge >= 0.3 is 6.18 Å². The van der Waals surface area contributed by atoms with E-state index in [1.165, 1.54) is 12.3 Å². The van der Waals surface area contributed by atoms with Gasteiger partial charge in [-0.3, -0.25) is 4.90 Å². The average molecular weight is 392 g/mol. The van der Waals surface area contributed by atoms with Crippen LogP contribution in [0.5, 0.6) is 5.88 Å². The number of hydrogen-bond acceptors (Lipinski definition) is 5. The molecule has 2 aromatic rings. The number of rotatable bonds is 4. The van der Waals surface area contributed by atoms with Crippen LogP contribution in [0, 0.1) is 5.92 Å². The predicted octanol–water partition coefficient (Wildman–Crippen LogP) is 3.60. The number of pyridine rings is 2. The molecule has 4 heterocycles. The second-order valence-corrected chi connectivity index (χ2v) is 7.40. The highest BCUT2D eigenvalue weighted by atomic mass is 19.4. The van der Waals surface area contributed by atoms with Crippen molar-refractivity contribution in [1.29, 1.82) is 0 Å². The lowest BCUT2D eigenvalue weighted by Gasteiger charge is -2.39. The third-order valence-corrected chi connectivity index (χ3v) is 5.76. The first kappa shape index (κ1) is 19.0. The Morgan fingerprint density at radius 2 is 1.96 bits per heavy atom. The molecule has 0 radical (unpaired) electrons. The first-order chi connectivity index (χ1) is 13.5. The van der Waals surface area contributed by atoms with Gasteiger partial charge in [-0.1, -0.05) is 6.07 Å². The Hall–Kier alpha value is -2.35. The average Bonchev–Trinajstić information content (AvgIpc) is 3.10. The molecule has 28 heavy (non-hydrogen) atoms. The molecule has 2 aliphatic heterocycles. The van der Waals surface area contributed by atoms with E-state index in [4.69, 9.17) is 4.74 Å². The molecule has 5 nitrogen and oxygen atoms in total. The molecular formula is C20H23F3N4O. The molecule has 4 rings (SSSR count). The molecular weight excluding hydrogens is 369 g/mol. The molecule has 2 saturated heterocycles. The summed E-state index contributed by atoms with van der Waals surface area (Å²) >= 11 is 0. The number of anilines is 1. The molecule has 0 aliphatic carbocycles. The lowest BCUT2D eigenvalue weighted by Crippen LogP contribution is -2.48. The fraction of sp³-hybridized carbons (Fsp3) is 0.500. The highest BCUT2D eigenvalue weighted by Crippen LogP contribution is 2.39. The van der Waals surface area contributed by atoms with Gasteiger partial charge in [-0.25, -0.2) is 9.97 Å². The van der Waals surface area contributed by atoms with E-state index in [1.807, 2.05) is 12.1 Å². The van der Waals surface area contributed by atoms with Gasteiger partial charge in [0.15, 0.2) is 0 Å². The molecule has 2 aromatic heterocycles. The van der Waals surface area contributed by atoms with Crippen LogP contribution < -0.4 is 9.64 Å². The van der Waals surface area contributed by atoms with E-state index in [9.17, 15) is 13.2 Å². The minimum atomic E-state index is -4.40. The lowest BCUT2D eigenvalue weighted by atomic mass is 9.92. The van der Waals surface area contributed by atoms with Gasteiger partial charge in [0.05, 0.1) is 12.7 Å². The summed E-state index contributed by atoms with van der Waals surface area (Å²) in [5.41, 5.74) is 0.421. The van der Waals surface area contributed by atoms with Crippen molar-refractivity contribution in [3.63, 3.8) is 0 Å². The van der Waals surface area contributed by atoms with Crippen LogP contribution in [-0.4, -0.2) is 47.7 Å². The van der Waals surface area contributed by atoms with Gasteiger partial charge in [-0.05, 0) is 43.0 Å². The van der Waals surface area contributed by atoms with Crippen LogP contribution in [0.1, 0.15) is 24.0 Å². The van der Waals surface area contributed by atoms with E-state index in [-0.39, 0.29) is 11.9 Å². The lowest BCUT2D eigenvalue weighted by molar-refractivity contribution is -0.137. The molecule has 2 aliphatic rings. The van der Waals surface area contributed by atoms with Crippen LogP contribution >= 0.6 is 0 Å². The van der Waals surface area contributed by atoms with E-state index < -0.39 is 11.7 Å². The van der Waals surface area contributed by atoms with Gasteiger partial charge in [-0.15, -0.1) is 0 Å². The molecule has 0 N–H and O–H groups in total. The first-order valence-electron chi connectivity index (χ1n) is 9.46. The van der Waals surface area contributed by atoms with Crippen molar-refractivity contribution in [3.05, 3.63) is 47.8 Å². The maximum absolute atomic E-state index is 13.4. The van der Waals surface area contributed by atoms with Crippen molar-refractivity contribution >= 4 is 5.82 Å². The van der Waals surface area contributed by atoms with Gasteiger partial charge in [0, 0.05) is 44.1 Å². The Morgan fingerprint density at radius 1 is 1.14 bits per heavy atom. The summed E-state index contributed by atoms with van der Waals surface area (Å²) in [5.74, 6) is 1.13. The number of fused-ring (bicyclic) bond motifs is 1. The monoisotopic (exact) mass is 392 g/mol. The molecule has 0 amide bonds.